The maximum absolute atomic E-state index is 12.4. The molecule has 0 radical (unpaired) electrons. The summed E-state index contributed by atoms with van der Waals surface area (Å²) in [6.45, 7) is 0.373. The molecule has 1 amide bonds. The van der Waals surface area contributed by atoms with E-state index in [9.17, 15) is 23.1 Å². The second-order valence-corrected chi connectivity index (χ2v) is 5.80. The van der Waals surface area contributed by atoms with Crippen LogP contribution in [-0.2, 0) is 6.42 Å². The molecule has 1 heterocycles. The maximum atomic E-state index is 12.4. The molecule has 0 aliphatic heterocycles. The monoisotopic (exact) mass is 369 g/mol. The van der Waals surface area contributed by atoms with Crippen LogP contribution in [0.2, 0.25) is 0 Å². The van der Waals surface area contributed by atoms with Crippen LogP contribution in [0.1, 0.15) is 23.0 Å². The SMILES string of the molecule is CC(Cc1ccc(O)cc1)N(C)C(=O)c1ccc(OCC(F)(F)F)nn1. The van der Waals surface area contributed by atoms with Crippen LogP contribution in [0.4, 0.5) is 13.2 Å². The Bertz CT molecular complexity index is 734. The normalized spacial score (nSPS) is 12.5. The number of carbonyl (C=O) groups excluding carboxylic acids is 1. The summed E-state index contributed by atoms with van der Waals surface area (Å²) in [5.41, 5.74) is 0.946. The van der Waals surface area contributed by atoms with E-state index in [4.69, 9.17) is 0 Å². The molecule has 9 heteroatoms. The van der Waals surface area contributed by atoms with Gasteiger partial charge in [0.1, 0.15) is 5.75 Å². The van der Waals surface area contributed by atoms with Gasteiger partial charge in [-0.3, -0.25) is 4.79 Å². The van der Waals surface area contributed by atoms with Gasteiger partial charge in [-0.25, -0.2) is 0 Å². The number of hydrogen-bond donors (Lipinski definition) is 1. The van der Waals surface area contributed by atoms with Crippen molar-refractivity contribution >= 4 is 5.91 Å². The van der Waals surface area contributed by atoms with Crippen molar-refractivity contribution in [2.45, 2.75) is 25.6 Å². The van der Waals surface area contributed by atoms with Gasteiger partial charge in [0.05, 0.1) is 0 Å². The van der Waals surface area contributed by atoms with Crippen molar-refractivity contribution in [2.75, 3.05) is 13.7 Å². The zero-order chi connectivity index (χ0) is 19.3. The van der Waals surface area contributed by atoms with E-state index in [-0.39, 0.29) is 23.4 Å². The molecule has 140 valence electrons. The van der Waals surface area contributed by atoms with Gasteiger partial charge in [0.15, 0.2) is 12.3 Å². The van der Waals surface area contributed by atoms with Crippen molar-refractivity contribution in [3.05, 3.63) is 47.7 Å². The van der Waals surface area contributed by atoms with Crippen LogP contribution >= 0.6 is 0 Å². The molecule has 0 bridgehead atoms. The van der Waals surface area contributed by atoms with Crippen molar-refractivity contribution in [3.8, 4) is 11.6 Å². The molecule has 0 aliphatic carbocycles. The molecule has 1 aromatic carbocycles. The molecule has 1 atom stereocenters. The lowest BCUT2D eigenvalue weighted by Gasteiger charge is -2.24. The first-order chi connectivity index (χ1) is 12.2. The average Bonchev–Trinajstić information content (AvgIpc) is 2.60. The zero-order valence-corrected chi connectivity index (χ0v) is 14.2. The van der Waals surface area contributed by atoms with Gasteiger partial charge >= 0.3 is 6.18 Å². The van der Waals surface area contributed by atoms with Crippen LogP contribution in [0.25, 0.3) is 0 Å². The number of likely N-dealkylation sites (N-methyl/N-ethyl adjacent to an activating group) is 1. The van der Waals surface area contributed by atoms with Crippen molar-refractivity contribution in [3.63, 3.8) is 0 Å². The molecule has 1 aromatic heterocycles. The van der Waals surface area contributed by atoms with Gasteiger partial charge in [0, 0.05) is 19.2 Å². The Morgan fingerprint density at radius 3 is 2.38 bits per heavy atom. The van der Waals surface area contributed by atoms with E-state index in [2.05, 4.69) is 14.9 Å². The Hall–Kier alpha value is -2.84. The number of carbonyl (C=O) groups is 1. The molecule has 2 aromatic rings. The summed E-state index contributed by atoms with van der Waals surface area (Å²) in [4.78, 5) is 13.9. The van der Waals surface area contributed by atoms with E-state index in [1.165, 1.54) is 17.0 Å². The number of aromatic nitrogens is 2. The summed E-state index contributed by atoms with van der Waals surface area (Å²) in [7, 11) is 1.60. The standard InChI is InChI=1S/C17H18F3N3O3/c1-11(9-12-3-5-13(24)6-4-12)23(2)16(25)14-7-8-15(22-21-14)26-10-17(18,19)20/h3-8,11,24H,9-10H2,1-2H3. The van der Waals surface area contributed by atoms with Crippen molar-refractivity contribution in [1.82, 2.24) is 15.1 Å². The predicted octanol–water partition coefficient (Wildman–Crippen LogP) is 2.83. The number of alkyl halides is 3. The number of phenolic OH excluding ortho intramolecular Hbond substituents is 1. The third-order valence-electron chi connectivity index (χ3n) is 3.69. The molecule has 0 aliphatic rings. The van der Waals surface area contributed by atoms with Crippen molar-refractivity contribution in [1.29, 1.82) is 0 Å². The summed E-state index contributed by atoms with van der Waals surface area (Å²) in [5.74, 6) is -0.557. The molecule has 0 spiro atoms. The van der Waals surface area contributed by atoms with E-state index in [0.717, 1.165) is 5.56 Å². The quantitative estimate of drug-likeness (QED) is 0.847. The van der Waals surface area contributed by atoms with Crippen LogP contribution in [0.5, 0.6) is 11.6 Å². The van der Waals surface area contributed by atoms with E-state index in [0.29, 0.717) is 6.42 Å². The third-order valence-corrected chi connectivity index (χ3v) is 3.69. The highest BCUT2D eigenvalue weighted by Crippen LogP contribution is 2.17. The van der Waals surface area contributed by atoms with Gasteiger partial charge in [-0.1, -0.05) is 12.1 Å². The van der Waals surface area contributed by atoms with Gasteiger partial charge in [0.25, 0.3) is 5.91 Å². The molecule has 0 saturated heterocycles. The fraction of sp³-hybridized carbons (Fsp3) is 0.353. The molecule has 6 nitrogen and oxygen atoms in total. The number of hydrogen-bond acceptors (Lipinski definition) is 5. The van der Waals surface area contributed by atoms with Gasteiger partial charge in [-0.2, -0.15) is 13.2 Å². The Balaban J connectivity index is 1.97. The second kappa shape index (κ2) is 8.03. The van der Waals surface area contributed by atoms with Gasteiger partial charge in [-0.05, 0) is 37.1 Å². The van der Waals surface area contributed by atoms with Crippen molar-refractivity contribution in [2.24, 2.45) is 0 Å². The first-order valence-corrected chi connectivity index (χ1v) is 7.74. The summed E-state index contributed by atoms with van der Waals surface area (Å²) < 4.78 is 40.7. The van der Waals surface area contributed by atoms with Crippen molar-refractivity contribution < 1.29 is 27.8 Å². The molecule has 2 rings (SSSR count). The summed E-state index contributed by atoms with van der Waals surface area (Å²) in [6.07, 6.45) is -3.91. The Kier molecular flexibility index (Phi) is 6.01. The van der Waals surface area contributed by atoms with E-state index in [1.54, 1.807) is 31.3 Å². The average molecular weight is 369 g/mol. The summed E-state index contributed by atoms with van der Waals surface area (Å²) in [5, 5.41) is 16.4. The highest BCUT2D eigenvalue weighted by molar-refractivity contribution is 5.92. The number of aromatic hydroxyl groups is 1. The minimum Gasteiger partial charge on any atom is -0.508 e. The zero-order valence-electron chi connectivity index (χ0n) is 14.2. The first-order valence-electron chi connectivity index (χ1n) is 7.74. The largest absolute Gasteiger partial charge is 0.508 e. The molecule has 0 saturated carbocycles. The lowest BCUT2D eigenvalue weighted by molar-refractivity contribution is -0.154. The molecule has 26 heavy (non-hydrogen) atoms. The number of phenols is 1. The van der Waals surface area contributed by atoms with Crippen LogP contribution in [0.3, 0.4) is 0 Å². The van der Waals surface area contributed by atoms with E-state index >= 15 is 0 Å². The number of nitrogens with zero attached hydrogens (tertiary/aromatic N) is 3. The van der Waals surface area contributed by atoms with Crippen LogP contribution in [0.15, 0.2) is 36.4 Å². The highest BCUT2D eigenvalue weighted by atomic mass is 19.4. The lowest BCUT2D eigenvalue weighted by atomic mass is 10.1. The Morgan fingerprint density at radius 1 is 1.19 bits per heavy atom. The van der Waals surface area contributed by atoms with E-state index in [1.807, 2.05) is 6.92 Å². The van der Waals surface area contributed by atoms with Crippen LogP contribution in [0, 0.1) is 0 Å². The number of benzene rings is 1. The smallest absolute Gasteiger partial charge is 0.422 e. The van der Waals surface area contributed by atoms with E-state index < -0.39 is 18.7 Å². The maximum Gasteiger partial charge on any atom is 0.422 e. The minimum atomic E-state index is -4.47. The number of halogens is 3. The van der Waals surface area contributed by atoms with Gasteiger partial charge in [-0.15, -0.1) is 10.2 Å². The lowest BCUT2D eigenvalue weighted by Crippen LogP contribution is -2.37. The predicted molar refractivity (Wildman–Crippen MR) is 86.9 cm³/mol. The molecule has 1 unspecified atom stereocenters. The second-order valence-electron chi connectivity index (χ2n) is 5.80. The molecular formula is C17H18F3N3O3. The number of ether oxygens (including phenoxy) is 1. The third kappa shape index (κ3) is 5.61. The summed E-state index contributed by atoms with van der Waals surface area (Å²) in [6, 6.07) is 8.92. The van der Waals surface area contributed by atoms with Crippen LogP contribution in [-0.4, -0.2) is 52.0 Å². The first kappa shape index (κ1) is 19.5. The Morgan fingerprint density at radius 2 is 1.85 bits per heavy atom. The summed E-state index contributed by atoms with van der Waals surface area (Å²) >= 11 is 0. The molecular weight excluding hydrogens is 351 g/mol. The number of rotatable bonds is 6. The topological polar surface area (TPSA) is 75.5 Å². The molecule has 0 fully saturated rings. The molecule has 1 N–H and O–H groups in total. The van der Waals surface area contributed by atoms with Crippen LogP contribution < -0.4 is 4.74 Å². The number of amides is 1. The Labute approximate surface area is 148 Å². The highest BCUT2D eigenvalue weighted by Gasteiger charge is 2.29. The minimum absolute atomic E-state index is 0.00409. The fourth-order valence-corrected chi connectivity index (χ4v) is 2.16. The van der Waals surface area contributed by atoms with Gasteiger partial charge in [0.2, 0.25) is 5.88 Å². The van der Waals surface area contributed by atoms with Gasteiger partial charge < -0.3 is 14.7 Å². The fourth-order valence-electron chi connectivity index (χ4n) is 2.16.